The van der Waals surface area contributed by atoms with Crippen molar-refractivity contribution in [2.45, 2.75) is 71.1 Å². The fraction of sp³-hybridized carbons (Fsp3) is 0.600. The summed E-state index contributed by atoms with van der Waals surface area (Å²) in [7, 11) is 0. The number of alkyl carbamates (subject to hydrolysis) is 2. The second-order valence-electron chi connectivity index (χ2n) is 9.64. The zero-order chi connectivity index (χ0) is 25.8. The highest BCUT2D eigenvalue weighted by Crippen LogP contribution is 2.19. The summed E-state index contributed by atoms with van der Waals surface area (Å²) in [6.45, 7) is 6.29. The summed E-state index contributed by atoms with van der Waals surface area (Å²) in [6, 6.07) is 8.50. The summed E-state index contributed by atoms with van der Waals surface area (Å²) in [4.78, 5) is 50.2. The SMILES string of the molecule is CC(C)(C)OC(=O)N[C@H](CCCCNC(=O)OCc1ccccc1)C(=O)N1CCC[C@H](C(=O)O)C1. The Morgan fingerprint density at radius 1 is 1.11 bits per heavy atom. The Morgan fingerprint density at radius 2 is 1.83 bits per heavy atom. The maximum Gasteiger partial charge on any atom is 0.408 e. The number of aliphatic carboxylic acids is 1. The molecule has 1 aromatic rings. The smallest absolute Gasteiger partial charge is 0.408 e. The normalized spacial score (nSPS) is 16.7. The first-order valence-electron chi connectivity index (χ1n) is 12.0. The first-order valence-corrected chi connectivity index (χ1v) is 12.0. The van der Waals surface area contributed by atoms with Crippen molar-refractivity contribution in [3.63, 3.8) is 0 Å². The highest BCUT2D eigenvalue weighted by molar-refractivity contribution is 5.86. The number of likely N-dealkylation sites (tertiary alicyclic amines) is 1. The van der Waals surface area contributed by atoms with Gasteiger partial charge in [0.15, 0.2) is 0 Å². The van der Waals surface area contributed by atoms with Gasteiger partial charge in [0.1, 0.15) is 18.2 Å². The molecule has 194 valence electrons. The lowest BCUT2D eigenvalue weighted by Crippen LogP contribution is -2.52. The lowest BCUT2D eigenvalue weighted by molar-refractivity contribution is -0.146. The van der Waals surface area contributed by atoms with E-state index in [0.717, 1.165) is 5.56 Å². The van der Waals surface area contributed by atoms with E-state index < -0.39 is 35.7 Å². The van der Waals surface area contributed by atoms with Gasteiger partial charge in [0.25, 0.3) is 0 Å². The molecule has 1 aliphatic rings. The number of carbonyl (C=O) groups is 4. The number of carboxylic acids is 1. The number of nitrogens with one attached hydrogen (secondary N) is 2. The Kier molecular flexibility index (Phi) is 10.8. The van der Waals surface area contributed by atoms with Gasteiger partial charge in [-0.1, -0.05) is 30.3 Å². The summed E-state index contributed by atoms with van der Waals surface area (Å²) in [6.07, 6.45) is 1.32. The van der Waals surface area contributed by atoms with Gasteiger partial charge in [0.05, 0.1) is 5.92 Å². The van der Waals surface area contributed by atoms with E-state index in [1.807, 2.05) is 30.3 Å². The molecule has 2 rings (SSSR count). The summed E-state index contributed by atoms with van der Waals surface area (Å²) >= 11 is 0. The first kappa shape index (κ1) is 27.9. The molecule has 35 heavy (non-hydrogen) atoms. The van der Waals surface area contributed by atoms with Crippen LogP contribution in [0.3, 0.4) is 0 Å². The maximum absolute atomic E-state index is 13.1. The van der Waals surface area contributed by atoms with Gasteiger partial charge in [-0.3, -0.25) is 9.59 Å². The Morgan fingerprint density at radius 3 is 2.49 bits per heavy atom. The molecule has 0 unspecified atom stereocenters. The molecule has 2 atom stereocenters. The van der Waals surface area contributed by atoms with Crippen molar-refractivity contribution in [2.24, 2.45) is 5.92 Å². The highest BCUT2D eigenvalue weighted by Gasteiger charge is 2.33. The van der Waals surface area contributed by atoms with Crippen LogP contribution in [-0.4, -0.2) is 65.3 Å². The van der Waals surface area contributed by atoms with E-state index in [-0.39, 0.29) is 19.1 Å². The molecular weight excluding hydrogens is 454 g/mol. The average molecular weight is 492 g/mol. The van der Waals surface area contributed by atoms with Gasteiger partial charge < -0.3 is 30.1 Å². The van der Waals surface area contributed by atoms with Crippen LogP contribution in [-0.2, 0) is 25.7 Å². The van der Waals surface area contributed by atoms with Crippen LogP contribution in [0.1, 0.15) is 58.4 Å². The Bertz CT molecular complexity index is 854. The molecule has 0 aliphatic carbocycles. The molecule has 3 amide bonds. The Hall–Kier alpha value is -3.30. The third kappa shape index (κ3) is 10.7. The molecule has 3 N–H and O–H groups in total. The van der Waals surface area contributed by atoms with Crippen LogP contribution in [0.25, 0.3) is 0 Å². The fourth-order valence-corrected chi connectivity index (χ4v) is 3.74. The van der Waals surface area contributed by atoms with Crippen molar-refractivity contribution >= 4 is 24.1 Å². The lowest BCUT2D eigenvalue weighted by atomic mass is 9.97. The topological polar surface area (TPSA) is 134 Å². The predicted octanol–water partition coefficient (Wildman–Crippen LogP) is 3.30. The van der Waals surface area contributed by atoms with E-state index in [9.17, 15) is 24.3 Å². The van der Waals surface area contributed by atoms with Crippen LogP contribution in [0.2, 0.25) is 0 Å². The molecule has 0 spiro atoms. The van der Waals surface area contributed by atoms with Crippen molar-refractivity contribution < 1.29 is 33.8 Å². The minimum Gasteiger partial charge on any atom is -0.481 e. The average Bonchev–Trinajstić information content (AvgIpc) is 2.81. The van der Waals surface area contributed by atoms with E-state index in [1.165, 1.54) is 4.90 Å². The zero-order valence-corrected chi connectivity index (χ0v) is 20.7. The number of hydrogen-bond acceptors (Lipinski definition) is 6. The van der Waals surface area contributed by atoms with Gasteiger partial charge in [-0.15, -0.1) is 0 Å². The summed E-state index contributed by atoms with van der Waals surface area (Å²) in [5.74, 6) is -1.86. The first-order chi connectivity index (χ1) is 16.5. The summed E-state index contributed by atoms with van der Waals surface area (Å²) in [5, 5.41) is 14.6. The number of rotatable bonds is 10. The summed E-state index contributed by atoms with van der Waals surface area (Å²) < 4.78 is 10.5. The number of ether oxygens (including phenoxy) is 2. The zero-order valence-electron chi connectivity index (χ0n) is 20.7. The van der Waals surface area contributed by atoms with Gasteiger partial charge in [0, 0.05) is 19.6 Å². The maximum atomic E-state index is 13.1. The number of unbranched alkanes of at least 4 members (excludes halogenated alkanes) is 1. The fourth-order valence-electron chi connectivity index (χ4n) is 3.74. The number of hydrogen-bond donors (Lipinski definition) is 3. The van der Waals surface area contributed by atoms with Crippen LogP contribution in [0, 0.1) is 5.92 Å². The van der Waals surface area contributed by atoms with Gasteiger partial charge >= 0.3 is 18.2 Å². The van der Waals surface area contributed by atoms with Crippen molar-refractivity contribution in [3.05, 3.63) is 35.9 Å². The molecule has 0 bridgehead atoms. The molecule has 1 saturated heterocycles. The van der Waals surface area contributed by atoms with Crippen molar-refractivity contribution in [1.29, 1.82) is 0 Å². The second-order valence-corrected chi connectivity index (χ2v) is 9.64. The number of carboxylic acid groups (broad SMARTS) is 1. The number of nitrogens with zero attached hydrogens (tertiary/aromatic N) is 1. The Balaban J connectivity index is 1.83. The monoisotopic (exact) mass is 491 g/mol. The third-order valence-electron chi connectivity index (χ3n) is 5.47. The third-order valence-corrected chi connectivity index (χ3v) is 5.47. The standard InChI is InChI=1S/C25H37N3O7/c1-25(2,3)35-24(33)27-20(21(29)28-15-9-12-19(16-28)22(30)31)13-7-8-14-26-23(32)34-17-18-10-5-4-6-11-18/h4-6,10-11,19-20H,7-9,12-17H2,1-3H3,(H,26,32)(H,27,33)(H,30,31)/t19-,20+/m0/s1. The van der Waals surface area contributed by atoms with Gasteiger partial charge in [-0.25, -0.2) is 9.59 Å². The van der Waals surface area contributed by atoms with Crippen molar-refractivity contribution in [1.82, 2.24) is 15.5 Å². The molecule has 0 saturated carbocycles. The molecule has 1 fully saturated rings. The number of carbonyl (C=O) groups excluding carboxylic acids is 3. The van der Waals surface area contributed by atoms with Gasteiger partial charge in [-0.2, -0.15) is 0 Å². The second kappa shape index (κ2) is 13.6. The van der Waals surface area contributed by atoms with Crippen LogP contribution in [0.15, 0.2) is 30.3 Å². The van der Waals surface area contributed by atoms with E-state index in [4.69, 9.17) is 9.47 Å². The predicted molar refractivity (Wildman–Crippen MR) is 129 cm³/mol. The molecule has 10 heteroatoms. The molecule has 1 heterocycles. The van der Waals surface area contributed by atoms with Gasteiger partial charge in [-0.05, 0) is 58.4 Å². The number of piperidine rings is 1. The highest BCUT2D eigenvalue weighted by atomic mass is 16.6. The number of amides is 3. The van der Waals surface area contributed by atoms with E-state index in [0.29, 0.717) is 45.2 Å². The molecule has 0 radical (unpaired) electrons. The molecule has 1 aromatic carbocycles. The van der Waals surface area contributed by atoms with Crippen LogP contribution < -0.4 is 10.6 Å². The molecule has 0 aromatic heterocycles. The van der Waals surface area contributed by atoms with Gasteiger partial charge in [0.2, 0.25) is 5.91 Å². The van der Waals surface area contributed by atoms with Crippen LogP contribution in [0.5, 0.6) is 0 Å². The largest absolute Gasteiger partial charge is 0.481 e. The minimum atomic E-state index is -0.927. The molecule has 1 aliphatic heterocycles. The van der Waals surface area contributed by atoms with Crippen LogP contribution in [0.4, 0.5) is 9.59 Å². The van der Waals surface area contributed by atoms with Crippen LogP contribution >= 0.6 is 0 Å². The summed E-state index contributed by atoms with van der Waals surface area (Å²) in [5.41, 5.74) is 0.168. The van der Waals surface area contributed by atoms with E-state index >= 15 is 0 Å². The molecular formula is C25H37N3O7. The van der Waals surface area contributed by atoms with Crippen molar-refractivity contribution in [2.75, 3.05) is 19.6 Å². The minimum absolute atomic E-state index is 0.121. The lowest BCUT2D eigenvalue weighted by Gasteiger charge is -2.34. The van der Waals surface area contributed by atoms with E-state index in [2.05, 4.69) is 10.6 Å². The number of benzene rings is 1. The molecule has 10 nitrogen and oxygen atoms in total. The quantitative estimate of drug-likeness (QED) is 0.428. The van der Waals surface area contributed by atoms with Crippen molar-refractivity contribution in [3.8, 4) is 0 Å². The Labute approximate surface area is 206 Å². The van der Waals surface area contributed by atoms with E-state index in [1.54, 1.807) is 20.8 Å².